The summed E-state index contributed by atoms with van der Waals surface area (Å²) in [5.41, 5.74) is 6.02. The van der Waals surface area contributed by atoms with E-state index in [-0.39, 0.29) is 24.3 Å². The number of hydrogen-bond donors (Lipinski definition) is 1. The van der Waals surface area contributed by atoms with Gasteiger partial charge in [0.05, 0.1) is 28.0 Å². The second-order valence-corrected chi connectivity index (χ2v) is 8.26. The van der Waals surface area contributed by atoms with Crippen LogP contribution in [0.25, 0.3) is 0 Å². The van der Waals surface area contributed by atoms with E-state index in [9.17, 15) is 9.59 Å². The number of carbonyl (C=O) groups excluding carboxylic acids is 2. The molecule has 0 saturated heterocycles. The van der Waals surface area contributed by atoms with Crippen LogP contribution in [0.3, 0.4) is 0 Å². The zero-order valence-corrected chi connectivity index (χ0v) is 17.6. The lowest BCUT2D eigenvalue weighted by atomic mass is 10.0. The van der Waals surface area contributed by atoms with Crippen molar-refractivity contribution in [3.05, 3.63) is 52.0 Å². The van der Waals surface area contributed by atoms with E-state index >= 15 is 0 Å². The molecule has 1 fully saturated rings. The molecule has 2 amide bonds. The van der Waals surface area contributed by atoms with Crippen molar-refractivity contribution >= 4 is 46.2 Å². The molecule has 1 atom stereocenters. The Bertz CT molecular complexity index is 1040. The van der Waals surface area contributed by atoms with Crippen LogP contribution in [0.15, 0.2) is 35.3 Å². The summed E-state index contributed by atoms with van der Waals surface area (Å²) < 4.78 is 0. The monoisotopic (exact) mass is 409 g/mol. The van der Waals surface area contributed by atoms with Gasteiger partial charge in [-0.05, 0) is 74.9 Å². The van der Waals surface area contributed by atoms with Gasteiger partial charge >= 0.3 is 0 Å². The molecule has 0 spiro atoms. The first-order valence-electron chi connectivity index (χ1n) is 9.90. The number of rotatable bonds is 3. The minimum absolute atomic E-state index is 0.0475. The molecule has 1 aliphatic carbocycles. The van der Waals surface area contributed by atoms with Gasteiger partial charge in [-0.3, -0.25) is 14.6 Å². The fraction of sp³-hybridized carbons (Fsp3) is 0.348. The van der Waals surface area contributed by atoms with Crippen molar-refractivity contribution in [1.29, 1.82) is 0 Å². The Kier molecular flexibility index (Phi) is 5.17. The number of aryl methyl sites for hydroxylation is 3. The average Bonchev–Trinajstić information content (AvgIpc) is 3.10. The SMILES string of the molecule is Cc1cc2c(cc1C)N(CC(=O)Nc1cccc(C)c1Cl)C(=O)C1CCCC1=N2. The molecule has 2 aromatic rings. The van der Waals surface area contributed by atoms with E-state index in [1.807, 2.05) is 45.0 Å². The molecule has 4 rings (SSSR count). The number of fused-ring (bicyclic) bond motifs is 2. The molecule has 0 bridgehead atoms. The predicted octanol–water partition coefficient (Wildman–Crippen LogP) is 5.12. The molecule has 5 nitrogen and oxygen atoms in total. The molecule has 2 aliphatic rings. The molecule has 1 saturated carbocycles. The number of halogens is 1. The normalized spacial score (nSPS) is 18.1. The van der Waals surface area contributed by atoms with E-state index in [4.69, 9.17) is 16.6 Å². The van der Waals surface area contributed by atoms with Crippen molar-refractivity contribution in [1.82, 2.24) is 0 Å². The first-order valence-corrected chi connectivity index (χ1v) is 10.3. The lowest BCUT2D eigenvalue weighted by molar-refractivity contribution is -0.122. The summed E-state index contributed by atoms with van der Waals surface area (Å²) in [5, 5.41) is 3.36. The number of hydrogen-bond acceptors (Lipinski definition) is 3. The van der Waals surface area contributed by atoms with Crippen LogP contribution >= 0.6 is 11.6 Å². The molecule has 0 aromatic heterocycles. The summed E-state index contributed by atoms with van der Waals surface area (Å²) in [6.45, 7) is 5.85. The van der Waals surface area contributed by atoms with Gasteiger partial charge in [-0.15, -0.1) is 0 Å². The van der Waals surface area contributed by atoms with E-state index in [0.717, 1.165) is 47.4 Å². The highest BCUT2D eigenvalue weighted by molar-refractivity contribution is 6.34. The third-order valence-electron chi connectivity index (χ3n) is 5.81. The van der Waals surface area contributed by atoms with Crippen LogP contribution in [0.5, 0.6) is 0 Å². The lowest BCUT2D eigenvalue weighted by Crippen LogP contribution is -2.42. The Hall–Kier alpha value is -2.66. The molecular weight excluding hydrogens is 386 g/mol. The van der Waals surface area contributed by atoms with Gasteiger partial charge in [-0.2, -0.15) is 0 Å². The van der Waals surface area contributed by atoms with Gasteiger partial charge < -0.3 is 10.2 Å². The number of anilines is 2. The summed E-state index contributed by atoms with van der Waals surface area (Å²) >= 11 is 6.31. The van der Waals surface area contributed by atoms with Gasteiger partial charge in [0.2, 0.25) is 11.8 Å². The largest absolute Gasteiger partial charge is 0.323 e. The highest BCUT2D eigenvalue weighted by Gasteiger charge is 2.37. The summed E-state index contributed by atoms with van der Waals surface area (Å²) in [4.78, 5) is 32.6. The molecule has 1 N–H and O–H groups in total. The van der Waals surface area contributed by atoms with Crippen LogP contribution in [-0.2, 0) is 9.59 Å². The second-order valence-electron chi connectivity index (χ2n) is 7.88. The van der Waals surface area contributed by atoms with Gasteiger partial charge in [0.15, 0.2) is 0 Å². The number of benzene rings is 2. The minimum atomic E-state index is -0.281. The molecular formula is C23H24ClN3O2. The summed E-state index contributed by atoms with van der Waals surface area (Å²) in [6, 6.07) is 9.45. The molecule has 1 unspecified atom stereocenters. The summed E-state index contributed by atoms with van der Waals surface area (Å²) in [6.07, 6.45) is 2.57. The molecule has 6 heteroatoms. The average molecular weight is 410 g/mol. The maximum Gasteiger partial charge on any atom is 0.244 e. The number of amides is 2. The van der Waals surface area contributed by atoms with E-state index in [1.54, 1.807) is 11.0 Å². The smallest absolute Gasteiger partial charge is 0.244 e. The summed E-state index contributed by atoms with van der Waals surface area (Å²) in [7, 11) is 0. The predicted molar refractivity (Wildman–Crippen MR) is 118 cm³/mol. The van der Waals surface area contributed by atoms with Crippen molar-refractivity contribution in [2.24, 2.45) is 10.9 Å². The molecule has 0 radical (unpaired) electrons. The number of nitrogens with one attached hydrogen (secondary N) is 1. The highest BCUT2D eigenvalue weighted by Crippen LogP contribution is 2.39. The van der Waals surface area contributed by atoms with Crippen LogP contribution in [0, 0.1) is 26.7 Å². The molecule has 150 valence electrons. The number of aliphatic imine (C=N–C) groups is 1. The van der Waals surface area contributed by atoms with Gasteiger partial charge in [-0.25, -0.2) is 0 Å². The third-order valence-corrected chi connectivity index (χ3v) is 6.31. The van der Waals surface area contributed by atoms with Crippen molar-refractivity contribution in [3.8, 4) is 0 Å². The second kappa shape index (κ2) is 7.64. The zero-order chi connectivity index (χ0) is 20.7. The van der Waals surface area contributed by atoms with Crippen molar-refractivity contribution < 1.29 is 9.59 Å². The Labute approximate surface area is 175 Å². The Morgan fingerprint density at radius 3 is 2.76 bits per heavy atom. The van der Waals surface area contributed by atoms with Crippen molar-refractivity contribution in [2.75, 3.05) is 16.8 Å². The van der Waals surface area contributed by atoms with E-state index in [2.05, 4.69) is 5.32 Å². The highest BCUT2D eigenvalue weighted by atomic mass is 35.5. The van der Waals surface area contributed by atoms with Crippen molar-refractivity contribution in [3.63, 3.8) is 0 Å². The standard InChI is InChI=1S/C23H24ClN3O2/c1-13-6-4-9-18(22(13)24)26-21(28)12-27-20-11-15(3)14(2)10-19(20)25-17-8-5-7-16(17)23(27)29/h4,6,9-11,16H,5,7-8,12H2,1-3H3,(H,26,28). The number of nitrogens with zero attached hydrogens (tertiary/aromatic N) is 2. The quantitative estimate of drug-likeness (QED) is 0.764. The van der Waals surface area contributed by atoms with Crippen LogP contribution in [0.2, 0.25) is 5.02 Å². The van der Waals surface area contributed by atoms with Gasteiger partial charge in [0, 0.05) is 5.71 Å². The van der Waals surface area contributed by atoms with Crippen LogP contribution < -0.4 is 10.2 Å². The zero-order valence-electron chi connectivity index (χ0n) is 16.9. The maximum atomic E-state index is 13.3. The lowest BCUT2D eigenvalue weighted by Gasteiger charge is -2.25. The molecule has 2 aromatic carbocycles. The van der Waals surface area contributed by atoms with Crippen molar-refractivity contribution in [2.45, 2.75) is 40.0 Å². The Balaban J connectivity index is 1.67. The van der Waals surface area contributed by atoms with E-state index in [0.29, 0.717) is 16.4 Å². The molecule has 29 heavy (non-hydrogen) atoms. The van der Waals surface area contributed by atoms with E-state index in [1.165, 1.54) is 0 Å². The first-order chi connectivity index (χ1) is 13.8. The maximum absolute atomic E-state index is 13.3. The summed E-state index contributed by atoms with van der Waals surface area (Å²) in [5.74, 6) is -0.566. The number of carbonyl (C=O) groups is 2. The van der Waals surface area contributed by atoms with Gasteiger partial charge in [0.1, 0.15) is 6.54 Å². The van der Waals surface area contributed by atoms with Gasteiger partial charge in [-0.1, -0.05) is 23.7 Å². The molecule has 1 heterocycles. The Morgan fingerprint density at radius 2 is 1.97 bits per heavy atom. The van der Waals surface area contributed by atoms with Crippen LogP contribution in [0.1, 0.15) is 36.0 Å². The fourth-order valence-electron chi connectivity index (χ4n) is 4.02. The minimum Gasteiger partial charge on any atom is -0.323 e. The fourth-order valence-corrected chi connectivity index (χ4v) is 4.19. The van der Waals surface area contributed by atoms with Crippen LogP contribution in [0.4, 0.5) is 17.1 Å². The van der Waals surface area contributed by atoms with E-state index < -0.39 is 0 Å². The first kappa shape index (κ1) is 19.6. The molecule has 1 aliphatic heterocycles. The Morgan fingerprint density at radius 1 is 1.21 bits per heavy atom. The third kappa shape index (κ3) is 3.67. The van der Waals surface area contributed by atoms with Crippen LogP contribution in [-0.4, -0.2) is 24.1 Å². The van der Waals surface area contributed by atoms with Gasteiger partial charge in [0.25, 0.3) is 0 Å². The topological polar surface area (TPSA) is 61.8 Å².